The first-order valence-corrected chi connectivity index (χ1v) is 5.91. The van der Waals surface area contributed by atoms with Gasteiger partial charge in [-0.2, -0.15) is 5.26 Å². The third-order valence-corrected chi connectivity index (χ3v) is 2.29. The number of carbonyl (C=O) groups excluding carboxylic acids is 1. The van der Waals surface area contributed by atoms with Gasteiger partial charge < -0.3 is 15.2 Å². The lowest BCUT2D eigenvalue weighted by molar-refractivity contribution is -0.132. The highest BCUT2D eigenvalue weighted by atomic mass is 16.5. The molecule has 6 heteroatoms. The molecule has 1 amide bonds. The summed E-state index contributed by atoms with van der Waals surface area (Å²) in [6.45, 7) is 2.27. The molecule has 0 spiro atoms. The van der Waals surface area contributed by atoms with E-state index in [2.05, 4.69) is 5.32 Å². The molecule has 6 nitrogen and oxygen atoms in total. The van der Waals surface area contributed by atoms with E-state index in [9.17, 15) is 9.59 Å². The summed E-state index contributed by atoms with van der Waals surface area (Å²) in [4.78, 5) is 21.9. The number of hydrogen-bond donors (Lipinski definition) is 2. The fourth-order valence-electron chi connectivity index (χ4n) is 1.37. The van der Waals surface area contributed by atoms with Gasteiger partial charge in [0.25, 0.3) is 5.91 Å². The SMILES string of the molecule is CCNC(=O)COc1ccc(/C=C(/C#N)C(=O)O)cc1. The molecule has 2 N–H and O–H groups in total. The Morgan fingerprint density at radius 1 is 1.40 bits per heavy atom. The molecule has 0 heterocycles. The van der Waals surface area contributed by atoms with Gasteiger partial charge in [0.05, 0.1) is 0 Å². The van der Waals surface area contributed by atoms with Crippen molar-refractivity contribution in [2.45, 2.75) is 6.92 Å². The highest BCUT2D eigenvalue weighted by Crippen LogP contribution is 2.14. The van der Waals surface area contributed by atoms with Crippen molar-refractivity contribution in [3.63, 3.8) is 0 Å². The second-order valence-electron chi connectivity index (χ2n) is 3.79. The number of carboxylic acids is 1. The maximum Gasteiger partial charge on any atom is 0.346 e. The predicted molar refractivity (Wildman–Crippen MR) is 71.8 cm³/mol. The summed E-state index contributed by atoms with van der Waals surface area (Å²) in [5, 5.41) is 20.0. The molecule has 0 fully saturated rings. The summed E-state index contributed by atoms with van der Waals surface area (Å²) in [7, 11) is 0. The van der Waals surface area contributed by atoms with E-state index in [1.165, 1.54) is 6.08 Å². The summed E-state index contributed by atoms with van der Waals surface area (Å²) in [6, 6.07) is 8.00. The highest BCUT2D eigenvalue weighted by molar-refractivity contribution is 5.96. The van der Waals surface area contributed by atoms with Crippen LogP contribution in [0, 0.1) is 11.3 Å². The van der Waals surface area contributed by atoms with E-state index in [1.807, 2.05) is 6.92 Å². The Morgan fingerprint density at radius 2 is 2.05 bits per heavy atom. The van der Waals surface area contributed by atoms with Crippen LogP contribution in [0.1, 0.15) is 12.5 Å². The molecule has 0 radical (unpaired) electrons. The fourth-order valence-corrected chi connectivity index (χ4v) is 1.37. The number of hydrogen-bond acceptors (Lipinski definition) is 4. The van der Waals surface area contributed by atoms with E-state index in [0.717, 1.165) is 0 Å². The third-order valence-electron chi connectivity index (χ3n) is 2.29. The summed E-state index contributed by atoms with van der Waals surface area (Å²) in [6.07, 6.45) is 1.26. The number of benzene rings is 1. The maximum atomic E-state index is 11.2. The van der Waals surface area contributed by atoms with Gasteiger partial charge in [-0.25, -0.2) is 4.79 Å². The lowest BCUT2D eigenvalue weighted by atomic mass is 10.1. The summed E-state index contributed by atoms with van der Waals surface area (Å²) in [5.74, 6) is -1.000. The van der Waals surface area contributed by atoms with Crippen LogP contribution in [0.5, 0.6) is 5.75 Å². The molecule has 0 atom stereocenters. The standard InChI is InChI=1S/C14H14N2O4/c1-2-16-13(17)9-20-12-5-3-10(4-6-12)7-11(8-15)14(18)19/h3-7H,2,9H2,1H3,(H,16,17)(H,18,19)/b11-7-. The minimum Gasteiger partial charge on any atom is -0.484 e. The molecule has 0 aliphatic heterocycles. The average Bonchev–Trinajstić information content (AvgIpc) is 2.43. The highest BCUT2D eigenvalue weighted by Gasteiger charge is 2.06. The first-order chi connectivity index (χ1) is 9.56. The van der Waals surface area contributed by atoms with Crippen LogP contribution in [0.25, 0.3) is 6.08 Å². The van der Waals surface area contributed by atoms with Crippen molar-refractivity contribution in [1.29, 1.82) is 5.26 Å². The molecule has 0 saturated heterocycles. The largest absolute Gasteiger partial charge is 0.484 e. The number of amides is 1. The Balaban J connectivity index is 2.68. The number of carboxylic acid groups (broad SMARTS) is 1. The van der Waals surface area contributed by atoms with Crippen molar-refractivity contribution in [1.82, 2.24) is 5.32 Å². The number of ether oxygens (including phenoxy) is 1. The van der Waals surface area contributed by atoms with Crippen molar-refractivity contribution in [3.05, 3.63) is 35.4 Å². The van der Waals surface area contributed by atoms with E-state index < -0.39 is 5.97 Å². The minimum atomic E-state index is -1.27. The van der Waals surface area contributed by atoms with Crippen LogP contribution in [0.4, 0.5) is 0 Å². The van der Waals surface area contributed by atoms with E-state index >= 15 is 0 Å². The van der Waals surface area contributed by atoms with Crippen LogP contribution < -0.4 is 10.1 Å². The molecule has 0 aliphatic rings. The van der Waals surface area contributed by atoms with E-state index in [1.54, 1.807) is 30.3 Å². The first kappa shape index (κ1) is 15.2. The number of nitriles is 1. The van der Waals surface area contributed by atoms with E-state index in [-0.39, 0.29) is 18.1 Å². The second-order valence-corrected chi connectivity index (χ2v) is 3.79. The lowest BCUT2D eigenvalue weighted by Crippen LogP contribution is -2.28. The van der Waals surface area contributed by atoms with Gasteiger partial charge in [0.2, 0.25) is 0 Å². The van der Waals surface area contributed by atoms with Gasteiger partial charge in [-0.1, -0.05) is 12.1 Å². The average molecular weight is 274 g/mol. The van der Waals surface area contributed by atoms with Gasteiger partial charge in [0.1, 0.15) is 17.4 Å². The van der Waals surface area contributed by atoms with Gasteiger partial charge in [-0.3, -0.25) is 4.79 Å². The maximum absolute atomic E-state index is 11.2. The van der Waals surface area contributed by atoms with Crippen LogP contribution in [-0.4, -0.2) is 30.1 Å². The number of aliphatic carboxylic acids is 1. The number of nitrogens with one attached hydrogen (secondary N) is 1. The van der Waals surface area contributed by atoms with Crippen molar-refractivity contribution in [3.8, 4) is 11.8 Å². The minimum absolute atomic E-state index is 0.0817. The van der Waals surface area contributed by atoms with Crippen LogP contribution >= 0.6 is 0 Å². The molecular formula is C14H14N2O4. The van der Waals surface area contributed by atoms with Gasteiger partial charge in [-0.05, 0) is 30.7 Å². The molecule has 0 aromatic heterocycles. The van der Waals surface area contributed by atoms with Gasteiger partial charge >= 0.3 is 5.97 Å². The topological polar surface area (TPSA) is 99.4 Å². The van der Waals surface area contributed by atoms with Gasteiger partial charge in [0, 0.05) is 6.54 Å². The quantitative estimate of drug-likeness (QED) is 0.599. The molecule has 0 saturated carbocycles. The van der Waals surface area contributed by atoms with Crippen molar-refractivity contribution >= 4 is 18.0 Å². The zero-order chi connectivity index (χ0) is 15.0. The molecule has 20 heavy (non-hydrogen) atoms. The zero-order valence-electron chi connectivity index (χ0n) is 10.9. The third kappa shape index (κ3) is 4.82. The first-order valence-electron chi connectivity index (χ1n) is 5.91. The smallest absolute Gasteiger partial charge is 0.346 e. The van der Waals surface area contributed by atoms with Crippen molar-refractivity contribution < 1.29 is 19.4 Å². The normalized spacial score (nSPS) is 10.5. The van der Waals surface area contributed by atoms with Crippen LogP contribution in [0.2, 0.25) is 0 Å². The van der Waals surface area contributed by atoms with E-state index in [0.29, 0.717) is 17.9 Å². The molecule has 104 valence electrons. The molecule has 1 rings (SSSR count). The van der Waals surface area contributed by atoms with Crippen LogP contribution in [0.15, 0.2) is 29.8 Å². The Bertz CT molecular complexity index is 556. The Morgan fingerprint density at radius 3 is 2.55 bits per heavy atom. The number of likely N-dealkylation sites (N-methyl/N-ethyl adjacent to an activating group) is 1. The lowest BCUT2D eigenvalue weighted by Gasteiger charge is -2.06. The monoisotopic (exact) mass is 274 g/mol. The summed E-state index contributed by atoms with van der Waals surface area (Å²) >= 11 is 0. The molecule has 1 aromatic rings. The Labute approximate surface area is 116 Å². The van der Waals surface area contributed by atoms with E-state index in [4.69, 9.17) is 15.1 Å². The zero-order valence-corrected chi connectivity index (χ0v) is 10.9. The Hall–Kier alpha value is -2.81. The van der Waals surface area contributed by atoms with Crippen molar-refractivity contribution in [2.75, 3.05) is 13.2 Å². The number of rotatable bonds is 6. The number of nitrogens with zero attached hydrogens (tertiary/aromatic N) is 1. The van der Waals surface area contributed by atoms with Gasteiger partial charge in [0.15, 0.2) is 6.61 Å². The number of carbonyl (C=O) groups is 2. The second kappa shape index (κ2) is 7.59. The molecule has 0 bridgehead atoms. The molecule has 0 unspecified atom stereocenters. The van der Waals surface area contributed by atoms with Crippen LogP contribution in [0.3, 0.4) is 0 Å². The van der Waals surface area contributed by atoms with Crippen molar-refractivity contribution in [2.24, 2.45) is 0 Å². The Kier molecular flexibility index (Phi) is 5.78. The summed E-state index contributed by atoms with van der Waals surface area (Å²) in [5.41, 5.74) is 0.218. The van der Waals surface area contributed by atoms with Crippen LogP contribution in [-0.2, 0) is 9.59 Å². The van der Waals surface area contributed by atoms with Gasteiger partial charge in [-0.15, -0.1) is 0 Å². The molecule has 0 aliphatic carbocycles. The molecular weight excluding hydrogens is 260 g/mol. The predicted octanol–water partition coefficient (Wildman–Crippen LogP) is 1.19. The summed E-state index contributed by atoms with van der Waals surface area (Å²) < 4.78 is 5.24. The fraction of sp³-hybridized carbons (Fsp3) is 0.214. The molecule has 1 aromatic carbocycles.